The largest absolute Gasteiger partial charge is 0.358 e. The van der Waals surface area contributed by atoms with Crippen LogP contribution in [0.2, 0.25) is 0 Å². The molecule has 0 aliphatic rings. The zero-order valence-electron chi connectivity index (χ0n) is 10.6. The SMILES string of the molecule is O=[N+]([O-])c1cnc(-c2nc3ccc(F)cc3[nH]2)n1CCCl. The van der Waals surface area contributed by atoms with Crippen molar-refractivity contribution in [3.8, 4) is 11.6 Å². The van der Waals surface area contributed by atoms with Crippen molar-refractivity contribution in [3.63, 3.8) is 0 Å². The van der Waals surface area contributed by atoms with Crippen LogP contribution in [0.4, 0.5) is 10.2 Å². The Kier molecular flexibility index (Phi) is 3.30. The van der Waals surface area contributed by atoms with Gasteiger partial charge in [-0.25, -0.2) is 18.9 Å². The number of fused-ring (bicyclic) bond motifs is 1. The standard InChI is InChI=1S/C12H9ClFN5O2/c13-3-4-18-10(19(20)21)6-15-12(18)11-16-8-2-1-7(14)5-9(8)17-11/h1-2,5-6H,3-4H2,(H,16,17). The summed E-state index contributed by atoms with van der Waals surface area (Å²) >= 11 is 5.68. The summed E-state index contributed by atoms with van der Waals surface area (Å²) in [6, 6.07) is 4.11. The number of benzene rings is 1. The molecule has 7 nitrogen and oxygen atoms in total. The molecule has 0 fully saturated rings. The number of nitrogens with one attached hydrogen (secondary N) is 1. The first-order valence-electron chi connectivity index (χ1n) is 6.01. The van der Waals surface area contributed by atoms with Crippen LogP contribution in [-0.4, -0.2) is 30.3 Å². The van der Waals surface area contributed by atoms with Crippen LogP contribution < -0.4 is 0 Å². The normalized spacial score (nSPS) is 11.1. The predicted molar refractivity (Wildman–Crippen MR) is 74.6 cm³/mol. The van der Waals surface area contributed by atoms with Gasteiger partial charge in [0.1, 0.15) is 18.6 Å². The molecule has 9 heteroatoms. The number of nitrogens with zero attached hydrogens (tertiary/aromatic N) is 4. The Balaban J connectivity index is 2.15. The number of rotatable bonds is 4. The van der Waals surface area contributed by atoms with Crippen LogP contribution in [-0.2, 0) is 6.54 Å². The van der Waals surface area contributed by atoms with Crippen molar-refractivity contribution >= 4 is 28.5 Å². The topological polar surface area (TPSA) is 89.6 Å². The van der Waals surface area contributed by atoms with E-state index in [9.17, 15) is 14.5 Å². The summed E-state index contributed by atoms with van der Waals surface area (Å²) in [5, 5.41) is 11.0. The smallest absolute Gasteiger partial charge is 0.343 e. The molecule has 0 aliphatic heterocycles. The first-order chi connectivity index (χ1) is 10.1. The van der Waals surface area contributed by atoms with Gasteiger partial charge in [0, 0.05) is 0 Å². The Morgan fingerprint density at radius 1 is 1.48 bits per heavy atom. The van der Waals surface area contributed by atoms with Gasteiger partial charge >= 0.3 is 5.82 Å². The molecule has 1 N–H and O–H groups in total. The van der Waals surface area contributed by atoms with Gasteiger partial charge in [-0.3, -0.25) is 0 Å². The van der Waals surface area contributed by atoms with E-state index in [0.717, 1.165) is 6.20 Å². The molecule has 0 saturated heterocycles. The van der Waals surface area contributed by atoms with E-state index in [-0.39, 0.29) is 18.2 Å². The Hall–Kier alpha value is -2.48. The van der Waals surface area contributed by atoms with E-state index in [1.165, 1.54) is 22.8 Å². The molecular formula is C12H9ClFN5O2. The molecule has 108 valence electrons. The average Bonchev–Trinajstić information content (AvgIpc) is 3.01. The summed E-state index contributed by atoms with van der Waals surface area (Å²) in [5.74, 6) is 0.247. The molecule has 0 spiro atoms. The fraction of sp³-hybridized carbons (Fsp3) is 0.167. The Labute approximate surface area is 122 Å². The fourth-order valence-electron chi connectivity index (χ4n) is 2.09. The van der Waals surface area contributed by atoms with Crippen molar-refractivity contribution in [2.24, 2.45) is 0 Å². The number of halogens is 2. The molecule has 3 aromatic rings. The molecule has 2 aromatic heterocycles. The molecule has 0 aliphatic carbocycles. The third-order valence-electron chi connectivity index (χ3n) is 2.99. The van der Waals surface area contributed by atoms with E-state index < -0.39 is 10.7 Å². The van der Waals surface area contributed by atoms with E-state index in [4.69, 9.17) is 11.6 Å². The van der Waals surface area contributed by atoms with Gasteiger partial charge in [-0.05, 0) is 23.1 Å². The summed E-state index contributed by atoms with van der Waals surface area (Å²) < 4.78 is 14.5. The Morgan fingerprint density at radius 2 is 2.29 bits per heavy atom. The zero-order valence-corrected chi connectivity index (χ0v) is 11.3. The Bertz CT molecular complexity index is 828. The summed E-state index contributed by atoms with van der Waals surface area (Å²) in [4.78, 5) is 21.6. The lowest BCUT2D eigenvalue weighted by atomic mass is 10.3. The van der Waals surface area contributed by atoms with Gasteiger partial charge in [-0.2, -0.15) is 0 Å². The molecule has 1 aromatic carbocycles. The summed E-state index contributed by atoms with van der Waals surface area (Å²) in [7, 11) is 0. The maximum atomic E-state index is 13.2. The number of H-pyrrole nitrogens is 1. The molecule has 0 unspecified atom stereocenters. The lowest BCUT2D eigenvalue weighted by molar-refractivity contribution is -0.392. The number of aromatic nitrogens is 4. The molecule has 21 heavy (non-hydrogen) atoms. The van der Waals surface area contributed by atoms with Crippen molar-refractivity contribution in [2.75, 3.05) is 5.88 Å². The van der Waals surface area contributed by atoms with Gasteiger partial charge in [0.2, 0.25) is 0 Å². The van der Waals surface area contributed by atoms with Crippen molar-refractivity contribution in [1.29, 1.82) is 0 Å². The molecule has 3 rings (SSSR count). The van der Waals surface area contributed by atoms with Crippen LogP contribution in [0.25, 0.3) is 22.7 Å². The van der Waals surface area contributed by atoms with Gasteiger partial charge in [0.15, 0.2) is 5.82 Å². The number of imidazole rings is 2. The van der Waals surface area contributed by atoms with Crippen LogP contribution in [0.1, 0.15) is 0 Å². The van der Waals surface area contributed by atoms with E-state index in [2.05, 4.69) is 15.0 Å². The quantitative estimate of drug-likeness (QED) is 0.456. The van der Waals surface area contributed by atoms with Gasteiger partial charge < -0.3 is 15.1 Å². The predicted octanol–water partition coefficient (Wildman–Crippen LogP) is 2.71. The van der Waals surface area contributed by atoms with Gasteiger partial charge in [-0.1, -0.05) is 0 Å². The highest BCUT2D eigenvalue weighted by atomic mass is 35.5. The van der Waals surface area contributed by atoms with Crippen LogP contribution in [0.3, 0.4) is 0 Å². The number of aromatic amines is 1. The van der Waals surface area contributed by atoms with Crippen molar-refractivity contribution in [1.82, 2.24) is 19.5 Å². The van der Waals surface area contributed by atoms with Crippen LogP contribution >= 0.6 is 11.6 Å². The second-order valence-electron chi connectivity index (χ2n) is 4.28. The van der Waals surface area contributed by atoms with Crippen molar-refractivity contribution in [3.05, 3.63) is 40.3 Å². The third kappa shape index (κ3) is 2.33. The molecule has 0 bridgehead atoms. The van der Waals surface area contributed by atoms with E-state index in [0.29, 0.717) is 22.7 Å². The first-order valence-corrected chi connectivity index (χ1v) is 6.55. The summed E-state index contributed by atoms with van der Waals surface area (Å²) in [6.07, 6.45) is 1.15. The second-order valence-corrected chi connectivity index (χ2v) is 4.66. The maximum absolute atomic E-state index is 13.2. The second kappa shape index (κ2) is 5.13. The molecular weight excluding hydrogens is 301 g/mol. The van der Waals surface area contributed by atoms with Crippen molar-refractivity contribution < 1.29 is 9.31 Å². The third-order valence-corrected chi connectivity index (χ3v) is 3.15. The minimum absolute atomic E-state index is 0.169. The average molecular weight is 310 g/mol. The summed E-state index contributed by atoms with van der Waals surface area (Å²) in [6.45, 7) is 0.221. The van der Waals surface area contributed by atoms with Crippen LogP contribution in [0.5, 0.6) is 0 Å². The Morgan fingerprint density at radius 3 is 3.00 bits per heavy atom. The fourth-order valence-corrected chi connectivity index (χ4v) is 2.26. The van der Waals surface area contributed by atoms with E-state index in [1.54, 1.807) is 0 Å². The monoisotopic (exact) mass is 309 g/mol. The number of nitro groups is 1. The minimum atomic E-state index is -0.536. The van der Waals surface area contributed by atoms with E-state index >= 15 is 0 Å². The molecule has 0 atom stereocenters. The number of hydrogen-bond donors (Lipinski definition) is 1. The lowest BCUT2D eigenvalue weighted by Crippen LogP contribution is -2.06. The molecule has 0 radical (unpaired) electrons. The zero-order chi connectivity index (χ0) is 15.0. The molecule has 2 heterocycles. The van der Waals surface area contributed by atoms with Crippen molar-refractivity contribution in [2.45, 2.75) is 6.54 Å². The lowest BCUT2D eigenvalue weighted by Gasteiger charge is -2.00. The number of hydrogen-bond acceptors (Lipinski definition) is 4. The number of alkyl halides is 1. The minimum Gasteiger partial charge on any atom is -0.358 e. The van der Waals surface area contributed by atoms with Crippen LogP contribution in [0, 0.1) is 15.9 Å². The summed E-state index contributed by atoms with van der Waals surface area (Å²) in [5.41, 5.74) is 1.04. The highest BCUT2D eigenvalue weighted by Crippen LogP contribution is 2.24. The van der Waals surface area contributed by atoms with Crippen LogP contribution in [0.15, 0.2) is 24.4 Å². The maximum Gasteiger partial charge on any atom is 0.343 e. The van der Waals surface area contributed by atoms with Gasteiger partial charge in [0.05, 0.1) is 16.9 Å². The first kappa shape index (κ1) is 13.5. The van der Waals surface area contributed by atoms with E-state index in [1.807, 2.05) is 0 Å². The molecule has 0 amide bonds. The molecule has 0 saturated carbocycles. The van der Waals surface area contributed by atoms with Gasteiger partial charge in [0.25, 0.3) is 5.82 Å². The highest BCUT2D eigenvalue weighted by molar-refractivity contribution is 6.17. The van der Waals surface area contributed by atoms with Gasteiger partial charge in [-0.15, -0.1) is 11.6 Å². The highest BCUT2D eigenvalue weighted by Gasteiger charge is 2.23.